The predicted molar refractivity (Wildman–Crippen MR) is 62.6 cm³/mol. The quantitative estimate of drug-likeness (QED) is 0.774. The van der Waals surface area contributed by atoms with Crippen molar-refractivity contribution in [3.63, 3.8) is 0 Å². The lowest BCUT2D eigenvalue weighted by Gasteiger charge is -2.28. The molecule has 0 aromatic heterocycles. The van der Waals surface area contributed by atoms with Gasteiger partial charge in [0.05, 0.1) is 5.69 Å². The van der Waals surface area contributed by atoms with Crippen LogP contribution in [-0.2, 0) is 10.3 Å². The molecule has 2 N–H and O–H groups in total. The van der Waals surface area contributed by atoms with E-state index in [2.05, 4.69) is 0 Å². The molecule has 0 saturated heterocycles. The Bertz CT molecular complexity index is 435. The first-order valence-electron chi connectivity index (χ1n) is 5.22. The molecule has 1 amide bonds. The molecule has 0 bridgehead atoms. The molecule has 0 fully saturated rings. The largest absolute Gasteiger partial charge is 0.482 e. The monoisotopic (exact) mass is 220 g/mol. The summed E-state index contributed by atoms with van der Waals surface area (Å²) in [5.41, 5.74) is 7.37. The van der Waals surface area contributed by atoms with Gasteiger partial charge in [-0.05, 0) is 31.5 Å². The molecule has 0 spiro atoms. The van der Waals surface area contributed by atoms with Gasteiger partial charge >= 0.3 is 0 Å². The summed E-state index contributed by atoms with van der Waals surface area (Å²) < 4.78 is 5.34. The highest BCUT2D eigenvalue weighted by molar-refractivity contribution is 5.97. The molecule has 4 heteroatoms. The van der Waals surface area contributed by atoms with Gasteiger partial charge in [-0.3, -0.25) is 4.79 Å². The highest BCUT2D eigenvalue weighted by Gasteiger charge is 2.24. The van der Waals surface area contributed by atoms with E-state index in [1.54, 1.807) is 11.9 Å². The second-order valence-electron chi connectivity index (χ2n) is 4.65. The zero-order valence-corrected chi connectivity index (χ0v) is 9.78. The van der Waals surface area contributed by atoms with Crippen LogP contribution in [0, 0.1) is 0 Å². The van der Waals surface area contributed by atoms with E-state index in [0.29, 0.717) is 0 Å². The van der Waals surface area contributed by atoms with Gasteiger partial charge in [0.25, 0.3) is 5.91 Å². The van der Waals surface area contributed by atoms with Crippen LogP contribution < -0.4 is 15.4 Å². The summed E-state index contributed by atoms with van der Waals surface area (Å²) in [5.74, 6) is 0.689. The number of nitrogens with two attached hydrogens (primary N) is 1. The number of rotatable bonds is 1. The first kappa shape index (κ1) is 11.0. The summed E-state index contributed by atoms with van der Waals surface area (Å²) in [6, 6.07) is 5.71. The van der Waals surface area contributed by atoms with Gasteiger partial charge in [-0.1, -0.05) is 6.07 Å². The molecule has 0 unspecified atom stereocenters. The minimum absolute atomic E-state index is 0.0422. The van der Waals surface area contributed by atoms with Crippen molar-refractivity contribution in [2.75, 3.05) is 18.6 Å². The van der Waals surface area contributed by atoms with Crippen LogP contribution in [0.5, 0.6) is 5.75 Å². The van der Waals surface area contributed by atoms with Gasteiger partial charge in [-0.2, -0.15) is 0 Å². The average Bonchev–Trinajstić information content (AvgIpc) is 2.22. The molecule has 0 atom stereocenters. The van der Waals surface area contributed by atoms with E-state index in [4.69, 9.17) is 10.5 Å². The van der Waals surface area contributed by atoms with E-state index < -0.39 is 5.54 Å². The highest BCUT2D eigenvalue weighted by Crippen LogP contribution is 2.34. The molecule has 1 aliphatic heterocycles. The van der Waals surface area contributed by atoms with Crippen molar-refractivity contribution in [3.8, 4) is 5.75 Å². The highest BCUT2D eigenvalue weighted by atomic mass is 16.5. The normalized spacial score (nSPS) is 15.8. The van der Waals surface area contributed by atoms with Gasteiger partial charge in [0.1, 0.15) is 5.75 Å². The van der Waals surface area contributed by atoms with Gasteiger partial charge in [-0.25, -0.2) is 0 Å². The summed E-state index contributed by atoms with van der Waals surface area (Å²) in [5, 5.41) is 0. The number of fused-ring (bicyclic) bond motifs is 1. The van der Waals surface area contributed by atoms with Crippen LogP contribution >= 0.6 is 0 Å². The van der Waals surface area contributed by atoms with E-state index in [1.807, 2.05) is 32.0 Å². The van der Waals surface area contributed by atoms with Crippen molar-refractivity contribution in [1.82, 2.24) is 0 Å². The van der Waals surface area contributed by atoms with Crippen LogP contribution in [0.1, 0.15) is 19.4 Å². The summed E-state index contributed by atoms with van der Waals surface area (Å²) >= 11 is 0. The maximum atomic E-state index is 11.5. The van der Waals surface area contributed by atoms with Crippen molar-refractivity contribution in [3.05, 3.63) is 23.8 Å². The molecule has 1 aromatic carbocycles. The second-order valence-corrected chi connectivity index (χ2v) is 4.65. The number of hydrogen-bond acceptors (Lipinski definition) is 3. The first-order valence-corrected chi connectivity index (χ1v) is 5.22. The molecule has 1 aromatic rings. The molecule has 0 saturated carbocycles. The number of anilines is 1. The molecule has 86 valence electrons. The molecule has 0 aliphatic carbocycles. The Kier molecular flexibility index (Phi) is 2.39. The molecular weight excluding hydrogens is 204 g/mol. The smallest absolute Gasteiger partial charge is 0.264 e. The summed E-state index contributed by atoms with van der Waals surface area (Å²) in [7, 11) is 1.75. The minimum atomic E-state index is -0.420. The molecule has 1 aliphatic rings. The Morgan fingerprint density at radius 1 is 1.44 bits per heavy atom. The summed E-state index contributed by atoms with van der Waals surface area (Å²) in [6.07, 6.45) is 0. The topological polar surface area (TPSA) is 55.6 Å². The number of amides is 1. The predicted octanol–water partition coefficient (Wildman–Crippen LogP) is 1.24. The zero-order chi connectivity index (χ0) is 11.9. The van der Waals surface area contributed by atoms with Crippen LogP contribution in [0.25, 0.3) is 0 Å². The van der Waals surface area contributed by atoms with Gasteiger partial charge in [-0.15, -0.1) is 0 Å². The number of benzene rings is 1. The number of nitrogens with zero attached hydrogens (tertiary/aromatic N) is 1. The minimum Gasteiger partial charge on any atom is -0.482 e. The lowest BCUT2D eigenvalue weighted by molar-refractivity contribution is -0.120. The molecule has 2 rings (SSSR count). The summed E-state index contributed by atoms with van der Waals surface area (Å²) in [6.45, 7) is 3.97. The maximum Gasteiger partial charge on any atom is 0.264 e. The van der Waals surface area contributed by atoms with Crippen molar-refractivity contribution in [1.29, 1.82) is 0 Å². The fourth-order valence-corrected chi connectivity index (χ4v) is 1.67. The zero-order valence-electron chi connectivity index (χ0n) is 9.78. The Labute approximate surface area is 95.0 Å². The lowest BCUT2D eigenvalue weighted by Crippen LogP contribution is -2.36. The SMILES string of the molecule is CN1C(=O)COc2ccc(C(C)(C)N)cc21. The Morgan fingerprint density at radius 3 is 2.75 bits per heavy atom. The number of ether oxygens (including phenoxy) is 1. The number of likely N-dealkylation sites (N-methyl/N-ethyl adjacent to an activating group) is 1. The van der Waals surface area contributed by atoms with Crippen LogP contribution in [0.15, 0.2) is 18.2 Å². The second kappa shape index (κ2) is 3.49. The number of hydrogen-bond donors (Lipinski definition) is 1. The van der Waals surface area contributed by atoms with E-state index >= 15 is 0 Å². The molecule has 4 nitrogen and oxygen atoms in total. The first-order chi connectivity index (χ1) is 7.39. The average molecular weight is 220 g/mol. The van der Waals surface area contributed by atoms with Crippen molar-refractivity contribution >= 4 is 11.6 Å². The van der Waals surface area contributed by atoms with Gasteiger partial charge < -0.3 is 15.4 Å². The Hall–Kier alpha value is -1.55. The van der Waals surface area contributed by atoms with Crippen LogP contribution in [0.4, 0.5) is 5.69 Å². The lowest BCUT2D eigenvalue weighted by atomic mass is 9.94. The Morgan fingerprint density at radius 2 is 2.12 bits per heavy atom. The van der Waals surface area contributed by atoms with E-state index in [0.717, 1.165) is 17.0 Å². The summed E-state index contributed by atoms with van der Waals surface area (Å²) in [4.78, 5) is 13.1. The molecular formula is C12H16N2O2. The standard InChI is InChI=1S/C12H16N2O2/c1-12(2,13)8-4-5-10-9(6-8)14(3)11(15)7-16-10/h4-6H,7,13H2,1-3H3. The molecule has 1 heterocycles. The fourth-order valence-electron chi connectivity index (χ4n) is 1.67. The molecule has 16 heavy (non-hydrogen) atoms. The van der Waals surface area contributed by atoms with Crippen LogP contribution in [0.3, 0.4) is 0 Å². The maximum absolute atomic E-state index is 11.5. The number of carbonyl (C=O) groups is 1. The fraction of sp³-hybridized carbons (Fsp3) is 0.417. The van der Waals surface area contributed by atoms with Crippen molar-refractivity contribution < 1.29 is 9.53 Å². The third-order valence-electron chi connectivity index (χ3n) is 2.79. The van der Waals surface area contributed by atoms with Crippen LogP contribution in [-0.4, -0.2) is 19.6 Å². The third-order valence-corrected chi connectivity index (χ3v) is 2.79. The number of carbonyl (C=O) groups excluding carboxylic acids is 1. The van der Waals surface area contributed by atoms with Gasteiger partial charge in [0, 0.05) is 12.6 Å². The van der Waals surface area contributed by atoms with Gasteiger partial charge in [0.15, 0.2) is 6.61 Å². The van der Waals surface area contributed by atoms with E-state index in [-0.39, 0.29) is 12.5 Å². The Balaban J connectivity index is 2.48. The third kappa shape index (κ3) is 1.76. The van der Waals surface area contributed by atoms with Crippen LogP contribution in [0.2, 0.25) is 0 Å². The van der Waals surface area contributed by atoms with E-state index in [9.17, 15) is 4.79 Å². The van der Waals surface area contributed by atoms with E-state index in [1.165, 1.54) is 0 Å². The molecule has 0 radical (unpaired) electrons. The van der Waals surface area contributed by atoms with Crippen molar-refractivity contribution in [2.24, 2.45) is 5.73 Å². The van der Waals surface area contributed by atoms with Gasteiger partial charge in [0.2, 0.25) is 0 Å². The van der Waals surface area contributed by atoms with Crippen molar-refractivity contribution in [2.45, 2.75) is 19.4 Å².